The first-order valence-electron chi connectivity index (χ1n) is 7.77. The molecule has 1 N–H and O–H groups in total. The Morgan fingerprint density at radius 1 is 1.13 bits per heavy atom. The van der Waals surface area contributed by atoms with E-state index in [-0.39, 0.29) is 5.69 Å². The van der Waals surface area contributed by atoms with Crippen LogP contribution in [0.3, 0.4) is 0 Å². The Morgan fingerprint density at radius 3 is 2.70 bits per heavy atom. The average Bonchev–Trinajstić information content (AvgIpc) is 2.59. The van der Waals surface area contributed by atoms with Crippen LogP contribution in [0.5, 0.6) is 0 Å². The maximum absolute atomic E-state index is 11.1. The molecule has 0 aliphatic rings. The number of carboxylic acid groups (broad SMARTS) is 1. The third kappa shape index (κ3) is 3.21. The highest BCUT2D eigenvalue weighted by atomic mass is 16.4. The largest absolute Gasteiger partial charge is 0.477 e. The molecule has 0 aliphatic carbocycles. The van der Waals surface area contributed by atoms with Gasteiger partial charge in [0.15, 0.2) is 0 Å². The Morgan fingerprint density at radius 2 is 2.00 bits per heavy atom. The van der Waals surface area contributed by atoms with Crippen molar-refractivity contribution in [1.82, 2.24) is 9.97 Å². The number of aromatic carboxylic acids is 1. The van der Waals surface area contributed by atoms with Crippen LogP contribution in [-0.4, -0.2) is 21.0 Å². The number of fused-ring (bicyclic) bond motifs is 1. The number of benzene rings is 1. The first kappa shape index (κ1) is 15.2. The smallest absolute Gasteiger partial charge is 0.354 e. The van der Waals surface area contributed by atoms with E-state index in [2.05, 4.69) is 29.0 Å². The van der Waals surface area contributed by atoms with Crippen molar-refractivity contribution in [3.8, 4) is 11.1 Å². The predicted molar refractivity (Wildman–Crippen MR) is 90.5 cm³/mol. The van der Waals surface area contributed by atoms with Crippen molar-refractivity contribution in [2.24, 2.45) is 0 Å². The Hall–Kier alpha value is -2.75. The zero-order chi connectivity index (χ0) is 16.2. The molecule has 3 aromatic rings. The van der Waals surface area contributed by atoms with Gasteiger partial charge in [0.05, 0.1) is 5.52 Å². The molecule has 0 saturated heterocycles. The quantitative estimate of drug-likeness (QED) is 0.761. The zero-order valence-corrected chi connectivity index (χ0v) is 13.0. The molecule has 4 nitrogen and oxygen atoms in total. The second-order valence-electron chi connectivity index (χ2n) is 5.52. The molecule has 0 bridgehead atoms. The summed E-state index contributed by atoms with van der Waals surface area (Å²) in [5, 5.41) is 9.99. The summed E-state index contributed by atoms with van der Waals surface area (Å²) in [6, 6.07) is 13.2. The number of nitrogens with zero attached hydrogens (tertiary/aromatic N) is 2. The average molecular weight is 306 g/mol. The van der Waals surface area contributed by atoms with Crippen LogP contribution in [0.25, 0.3) is 22.0 Å². The number of unbranched alkanes of at least 4 members (excludes halogenated alkanes) is 1. The van der Waals surface area contributed by atoms with Gasteiger partial charge in [-0.1, -0.05) is 31.5 Å². The summed E-state index contributed by atoms with van der Waals surface area (Å²) < 4.78 is 0. The van der Waals surface area contributed by atoms with Crippen LogP contribution < -0.4 is 0 Å². The fraction of sp³-hybridized carbons (Fsp3) is 0.211. The second-order valence-corrected chi connectivity index (χ2v) is 5.52. The number of aromatic nitrogens is 2. The summed E-state index contributed by atoms with van der Waals surface area (Å²) in [5.41, 5.74) is 3.87. The number of pyridine rings is 2. The lowest BCUT2D eigenvalue weighted by Gasteiger charge is -2.08. The Bertz CT molecular complexity index is 842. The maximum Gasteiger partial charge on any atom is 0.354 e. The van der Waals surface area contributed by atoms with Gasteiger partial charge in [-0.2, -0.15) is 0 Å². The van der Waals surface area contributed by atoms with E-state index in [4.69, 9.17) is 5.11 Å². The maximum atomic E-state index is 11.1. The minimum atomic E-state index is -1.01. The third-order valence-electron chi connectivity index (χ3n) is 3.87. The van der Waals surface area contributed by atoms with Crippen molar-refractivity contribution < 1.29 is 9.90 Å². The number of carbonyl (C=O) groups is 1. The zero-order valence-electron chi connectivity index (χ0n) is 13.0. The van der Waals surface area contributed by atoms with Gasteiger partial charge in [-0.3, -0.25) is 4.98 Å². The Balaban J connectivity index is 2.00. The molecule has 2 aromatic heterocycles. The summed E-state index contributed by atoms with van der Waals surface area (Å²) >= 11 is 0. The van der Waals surface area contributed by atoms with E-state index >= 15 is 0 Å². The standard InChI is InChI=1S/C19H18N2O2/c1-2-3-5-14-9-8-13(12-20-14)15-6-4-7-17-16(15)10-11-18(21-17)19(22)23/h4,6-12H,2-3,5H2,1H3,(H,22,23). The lowest BCUT2D eigenvalue weighted by atomic mass is 10.0. The summed E-state index contributed by atoms with van der Waals surface area (Å²) in [4.78, 5) is 19.8. The van der Waals surface area contributed by atoms with Gasteiger partial charge in [0.1, 0.15) is 5.69 Å². The molecule has 4 heteroatoms. The minimum Gasteiger partial charge on any atom is -0.477 e. The molecule has 0 aliphatic heterocycles. The molecule has 0 spiro atoms. The van der Waals surface area contributed by atoms with Crippen LogP contribution in [0.1, 0.15) is 35.9 Å². The molecular formula is C19H18N2O2. The monoisotopic (exact) mass is 306 g/mol. The highest BCUT2D eigenvalue weighted by Gasteiger charge is 2.09. The van der Waals surface area contributed by atoms with Gasteiger partial charge >= 0.3 is 5.97 Å². The number of hydrogen-bond acceptors (Lipinski definition) is 3. The highest BCUT2D eigenvalue weighted by molar-refractivity contribution is 5.97. The summed E-state index contributed by atoms with van der Waals surface area (Å²) in [5.74, 6) is -1.01. The van der Waals surface area contributed by atoms with Crippen molar-refractivity contribution in [3.05, 3.63) is 60.0 Å². The molecule has 0 atom stereocenters. The molecule has 2 heterocycles. The van der Waals surface area contributed by atoms with Crippen LogP contribution in [0.4, 0.5) is 0 Å². The van der Waals surface area contributed by atoms with Crippen LogP contribution in [0.15, 0.2) is 48.7 Å². The lowest BCUT2D eigenvalue weighted by Crippen LogP contribution is -2.00. The number of aryl methyl sites for hydroxylation is 1. The fourth-order valence-corrected chi connectivity index (χ4v) is 2.62. The normalized spacial score (nSPS) is 10.8. The molecule has 0 radical (unpaired) electrons. The lowest BCUT2D eigenvalue weighted by molar-refractivity contribution is 0.0691. The van der Waals surface area contributed by atoms with Crippen molar-refractivity contribution in [2.45, 2.75) is 26.2 Å². The van der Waals surface area contributed by atoms with Gasteiger partial charge in [0, 0.05) is 22.8 Å². The third-order valence-corrected chi connectivity index (χ3v) is 3.87. The van der Waals surface area contributed by atoms with Crippen molar-refractivity contribution in [2.75, 3.05) is 0 Å². The van der Waals surface area contributed by atoms with Crippen LogP contribution >= 0.6 is 0 Å². The van der Waals surface area contributed by atoms with E-state index in [1.165, 1.54) is 6.07 Å². The van der Waals surface area contributed by atoms with Gasteiger partial charge in [-0.05, 0) is 42.7 Å². The van der Waals surface area contributed by atoms with E-state index in [0.29, 0.717) is 5.52 Å². The highest BCUT2D eigenvalue weighted by Crippen LogP contribution is 2.27. The van der Waals surface area contributed by atoms with Crippen molar-refractivity contribution in [1.29, 1.82) is 0 Å². The van der Waals surface area contributed by atoms with Crippen molar-refractivity contribution >= 4 is 16.9 Å². The van der Waals surface area contributed by atoms with Gasteiger partial charge in [-0.25, -0.2) is 9.78 Å². The van der Waals surface area contributed by atoms with E-state index in [9.17, 15) is 4.79 Å². The summed E-state index contributed by atoms with van der Waals surface area (Å²) in [7, 11) is 0. The van der Waals surface area contributed by atoms with Gasteiger partial charge in [0.2, 0.25) is 0 Å². The SMILES string of the molecule is CCCCc1ccc(-c2cccc3nc(C(=O)O)ccc23)cn1. The Kier molecular flexibility index (Phi) is 4.33. The van der Waals surface area contributed by atoms with Gasteiger partial charge in [0.25, 0.3) is 0 Å². The van der Waals surface area contributed by atoms with Gasteiger partial charge in [-0.15, -0.1) is 0 Å². The van der Waals surface area contributed by atoms with E-state index in [1.807, 2.05) is 30.5 Å². The van der Waals surface area contributed by atoms with Gasteiger partial charge < -0.3 is 5.11 Å². The van der Waals surface area contributed by atoms with Crippen LogP contribution in [0.2, 0.25) is 0 Å². The van der Waals surface area contributed by atoms with E-state index in [1.54, 1.807) is 0 Å². The first-order valence-corrected chi connectivity index (χ1v) is 7.77. The summed E-state index contributed by atoms with van der Waals surface area (Å²) in [6.45, 7) is 2.17. The summed E-state index contributed by atoms with van der Waals surface area (Å²) in [6.07, 6.45) is 5.17. The number of carboxylic acids is 1. The predicted octanol–water partition coefficient (Wildman–Crippen LogP) is 4.34. The first-order chi connectivity index (χ1) is 11.2. The van der Waals surface area contributed by atoms with E-state index in [0.717, 1.165) is 41.5 Å². The molecule has 116 valence electrons. The topological polar surface area (TPSA) is 63.1 Å². The van der Waals surface area contributed by atoms with E-state index < -0.39 is 5.97 Å². The molecule has 0 saturated carbocycles. The van der Waals surface area contributed by atoms with Crippen LogP contribution in [0, 0.1) is 0 Å². The molecule has 0 fully saturated rings. The fourth-order valence-electron chi connectivity index (χ4n) is 2.62. The minimum absolute atomic E-state index is 0.0580. The van der Waals surface area contributed by atoms with Crippen molar-refractivity contribution in [3.63, 3.8) is 0 Å². The molecule has 1 aromatic carbocycles. The number of rotatable bonds is 5. The van der Waals surface area contributed by atoms with Crippen LogP contribution in [-0.2, 0) is 6.42 Å². The molecule has 0 unspecified atom stereocenters. The Labute approximate surface area is 134 Å². The molecule has 0 amide bonds. The molecular weight excluding hydrogens is 288 g/mol. The molecule has 23 heavy (non-hydrogen) atoms. The molecule has 3 rings (SSSR count). The number of hydrogen-bond donors (Lipinski definition) is 1. The second kappa shape index (κ2) is 6.57.